The number of carbonyl (C=O) groups is 1. The summed E-state index contributed by atoms with van der Waals surface area (Å²) in [6, 6.07) is 9.14. The summed E-state index contributed by atoms with van der Waals surface area (Å²) in [7, 11) is 0. The van der Waals surface area contributed by atoms with Crippen molar-refractivity contribution in [3.8, 4) is 11.4 Å². The number of thioether (sulfide) groups is 1. The predicted octanol–water partition coefficient (Wildman–Crippen LogP) is 4.33. The molecule has 0 unspecified atom stereocenters. The third kappa shape index (κ3) is 8.94. The zero-order valence-corrected chi connectivity index (χ0v) is 22.6. The Kier molecular flexibility index (Phi) is 11.0. The maximum Gasteiger partial charge on any atom is 0.155 e. The lowest BCUT2D eigenvalue weighted by Crippen LogP contribution is -2.27. The van der Waals surface area contributed by atoms with E-state index in [-0.39, 0.29) is 6.54 Å². The van der Waals surface area contributed by atoms with E-state index >= 15 is 0 Å². The van der Waals surface area contributed by atoms with E-state index in [4.69, 9.17) is 10.2 Å². The summed E-state index contributed by atoms with van der Waals surface area (Å²) in [4.78, 5) is 22.2. The quantitative estimate of drug-likeness (QED) is 0.173. The number of rotatable bonds is 7. The van der Waals surface area contributed by atoms with E-state index in [2.05, 4.69) is 41.5 Å². The summed E-state index contributed by atoms with van der Waals surface area (Å²) < 4.78 is 0. The molecular formula is C26H37N9OS. The van der Waals surface area contributed by atoms with Gasteiger partial charge in [0, 0.05) is 41.1 Å². The Hall–Kier alpha value is -3.31. The summed E-state index contributed by atoms with van der Waals surface area (Å²) in [5.41, 5.74) is 8.60. The second-order valence-electron chi connectivity index (χ2n) is 9.08. The first kappa shape index (κ1) is 28.3. The number of carbonyl (C=O) groups excluding carboxylic acids is 1. The van der Waals surface area contributed by atoms with Crippen LogP contribution >= 0.6 is 11.8 Å². The van der Waals surface area contributed by atoms with Gasteiger partial charge >= 0.3 is 0 Å². The van der Waals surface area contributed by atoms with Crippen molar-refractivity contribution in [3.05, 3.63) is 47.5 Å². The minimum absolute atomic E-state index is 0.139. The molecule has 0 atom stereocenters. The Morgan fingerprint density at radius 2 is 1.62 bits per heavy atom. The molecule has 11 heteroatoms. The fraction of sp³-hybridized carbons (Fsp3) is 0.462. The molecule has 3 aromatic heterocycles. The number of aryl methyl sites for hydroxylation is 2. The minimum atomic E-state index is 0.139. The molecule has 2 aliphatic rings. The molecule has 0 aromatic carbocycles. The Bertz CT molecular complexity index is 1140. The lowest BCUT2D eigenvalue weighted by molar-refractivity contribution is -0.106. The Morgan fingerprint density at radius 1 is 1.05 bits per heavy atom. The largest absolute Gasteiger partial charge is 0.367 e. The molecule has 5 rings (SSSR count). The van der Waals surface area contributed by atoms with Crippen LogP contribution in [0.25, 0.3) is 11.4 Å². The van der Waals surface area contributed by atoms with Gasteiger partial charge in [-0.3, -0.25) is 10.5 Å². The van der Waals surface area contributed by atoms with E-state index < -0.39 is 0 Å². The molecule has 0 aliphatic heterocycles. The van der Waals surface area contributed by atoms with Crippen molar-refractivity contribution in [1.82, 2.24) is 25.1 Å². The number of hydrogen-bond acceptors (Lipinski definition) is 10. The van der Waals surface area contributed by atoms with E-state index in [1.807, 2.05) is 44.4 Å². The Balaban J connectivity index is 0.000000180. The number of anilines is 2. The van der Waals surface area contributed by atoms with Gasteiger partial charge in [0.25, 0.3) is 0 Å². The fourth-order valence-corrected chi connectivity index (χ4v) is 4.09. The highest BCUT2D eigenvalue weighted by molar-refractivity contribution is 8.13. The van der Waals surface area contributed by atoms with Crippen molar-refractivity contribution >= 4 is 34.7 Å². The van der Waals surface area contributed by atoms with Crippen molar-refractivity contribution in [2.75, 3.05) is 23.4 Å². The van der Waals surface area contributed by atoms with Gasteiger partial charge in [0.15, 0.2) is 5.82 Å². The Labute approximate surface area is 222 Å². The average Bonchev–Trinajstić information content (AvgIpc) is 3.38. The first-order valence-electron chi connectivity index (χ1n) is 12.5. The lowest BCUT2D eigenvalue weighted by atomic mass is 9.93. The summed E-state index contributed by atoms with van der Waals surface area (Å²) >= 11 is 1.46. The summed E-state index contributed by atoms with van der Waals surface area (Å²) in [5.74, 6) is 2.63. The number of hydrogen-bond donors (Lipinski definition) is 5. The van der Waals surface area contributed by atoms with Crippen LogP contribution in [0.15, 0.2) is 30.6 Å². The normalized spacial score (nSPS) is 14.6. The molecular weight excluding hydrogens is 486 g/mol. The van der Waals surface area contributed by atoms with E-state index in [0.29, 0.717) is 23.4 Å². The number of nitrogens with zero attached hydrogens (tertiary/aromatic N) is 4. The van der Waals surface area contributed by atoms with Gasteiger partial charge in [-0.1, -0.05) is 0 Å². The number of H-pyrrole nitrogens is 1. The highest BCUT2D eigenvalue weighted by atomic mass is 32.2. The zero-order valence-electron chi connectivity index (χ0n) is 21.8. The van der Waals surface area contributed by atoms with Crippen LogP contribution in [0.1, 0.15) is 55.5 Å². The highest BCUT2D eigenvalue weighted by Crippen LogP contribution is 2.25. The highest BCUT2D eigenvalue weighted by Gasteiger charge is 2.18. The molecule has 3 aromatic rings. The van der Waals surface area contributed by atoms with Gasteiger partial charge in [-0.25, -0.2) is 15.0 Å². The van der Waals surface area contributed by atoms with Crippen LogP contribution < -0.4 is 16.4 Å². The number of aromatic nitrogens is 5. The molecule has 0 bridgehead atoms. The van der Waals surface area contributed by atoms with Gasteiger partial charge < -0.3 is 21.2 Å². The van der Waals surface area contributed by atoms with E-state index in [1.54, 1.807) is 0 Å². The van der Waals surface area contributed by atoms with Gasteiger partial charge in [0.2, 0.25) is 0 Å². The monoisotopic (exact) mass is 523 g/mol. The molecule has 0 radical (unpaired) electrons. The van der Waals surface area contributed by atoms with Crippen molar-refractivity contribution in [2.45, 2.75) is 64.5 Å². The van der Waals surface area contributed by atoms with Gasteiger partial charge in [0.05, 0.1) is 5.04 Å². The van der Waals surface area contributed by atoms with Gasteiger partial charge in [-0.15, -0.1) is 11.8 Å². The third-order valence-electron chi connectivity index (χ3n) is 6.07. The Morgan fingerprint density at radius 3 is 2.08 bits per heavy atom. The van der Waals surface area contributed by atoms with Crippen LogP contribution in [-0.2, 0) is 4.79 Å². The van der Waals surface area contributed by atoms with E-state index in [9.17, 15) is 0 Å². The molecule has 0 spiro atoms. The maximum absolute atomic E-state index is 9.05. The minimum Gasteiger partial charge on any atom is -0.367 e. The molecule has 6 N–H and O–H groups in total. The molecule has 0 saturated heterocycles. The number of aldehydes is 1. The smallest absolute Gasteiger partial charge is 0.155 e. The number of aromatic amines is 1. The van der Waals surface area contributed by atoms with Crippen LogP contribution in [0.2, 0.25) is 0 Å². The molecule has 37 heavy (non-hydrogen) atoms. The second kappa shape index (κ2) is 14.4. The molecule has 198 valence electrons. The third-order valence-corrected chi connectivity index (χ3v) is 6.72. The van der Waals surface area contributed by atoms with Crippen molar-refractivity contribution < 1.29 is 4.79 Å². The fourth-order valence-electron chi connectivity index (χ4n) is 3.74. The van der Waals surface area contributed by atoms with Gasteiger partial charge in [-0.2, -0.15) is 5.10 Å². The topological polar surface area (TPSA) is 158 Å². The maximum atomic E-state index is 9.05. The van der Waals surface area contributed by atoms with Gasteiger partial charge in [0.1, 0.15) is 24.2 Å². The van der Waals surface area contributed by atoms with Crippen LogP contribution in [-0.4, -0.2) is 61.4 Å². The van der Waals surface area contributed by atoms with E-state index in [0.717, 1.165) is 40.0 Å². The first-order valence-corrected chi connectivity index (χ1v) is 13.8. The van der Waals surface area contributed by atoms with E-state index in [1.165, 1.54) is 56.6 Å². The zero-order chi connectivity index (χ0) is 26.6. The number of nitrogens with one attached hydrogen (secondary N) is 4. The summed E-state index contributed by atoms with van der Waals surface area (Å²) in [6.45, 7) is 4.11. The number of nitrogens with two attached hydrogens (primary N) is 1. The summed E-state index contributed by atoms with van der Waals surface area (Å²) in [6.07, 6.45) is 11.7. The predicted molar refractivity (Wildman–Crippen MR) is 151 cm³/mol. The van der Waals surface area contributed by atoms with Crippen molar-refractivity contribution in [2.24, 2.45) is 5.73 Å². The SMILES string of the molecule is CSC(=N)c1cc(C)nc(NC2CCC2)c1.Cc1cc(-c2ncn[nH]2)cc(NC2CCC2)n1.NCC=O. The van der Waals surface area contributed by atoms with Crippen molar-refractivity contribution in [3.63, 3.8) is 0 Å². The molecule has 2 saturated carbocycles. The van der Waals surface area contributed by atoms with Crippen LogP contribution in [0.5, 0.6) is 0 Å². The average molecular weight is 524 g/mol. The number of pyridine rings is 2. The molecule has 2 aliphatic carbocycles. The molecule has 2 fully saturated rings. The first-order chi connectivity index (χ1) is 17.9. The van der Waals surface area contributed by atoms with Gasteiger partial charge in [-0.05, 0) is 82.9 Å². The van der Waals surface area contributed by atoms with Crippen LogP contribution in [0, 0.1) is 19.3 Å². The van der Waals surface area contributed by atoms with Crippen LogP contribution in [0.4, 0.5) is 11.6 Å². The van der Waals surface area contributed by atoms with Crippen molar-refractivity contribution in [1.29, 1.82) is 5.41 Å². The van der Waals surface area contributed by atoms with Crippen LogP contribution in [0.3, 0.4) is 0 Å². The second-order valence-corrected chi connectivity index (χ2v) is 9.90. The molecule has 3 heterocycles. The lowest BCUT2D eigenvalue weighted by Gasteiger charge is -2.27. The standard InChI is InChI=1S/C12H15N5.C12H17N3S.C2H5NO/c1-8-5-9(12-13-7-14-17-12)6-11(15-8)16-10-3-2-4-10;1-8-6-9(12(13)16-2)7-11(14-8)15-10-4-3-5-10;3-1-2-4/h5-7,10H,2-4H2,1H3,(H,15,16)(H,13,14,17);6-7,10,13H,3-5H2,1-2H3,(H,14,15);2H,1,3H2. The molecule has 0 amide bonds. The summed E-state index contributed by atoms with van der Waals surface area (Å²) in [5, 5.41) is 22.0. The molecule has 10 nitrogen and oxygen atoms in total.